The van der Waals surface area contributed by atoms with Gasteiger partial charge in [-0.1, -0.05) is 255 Å². The summed E-state index contributed by atoms with van der Waals surface area (Å²) in [6, 6.07) is 96.8. The van der Waals surface area contributed by atoms with Gasteiger partial charge in [0.15, 0.2) is 22.8 Å². The van der Waals surface area contributed by atoms with Gasteiger partial charge in [-0.05, 0) is 339 Å². The Morgan fingerprint density at radius 3 is 0.980 bits per heavy atom. The molecule has 0 saturated carbocycles. The van der Waals surface area contributed by atoms with E-state index in [0.717, 1.165) is 151 Å². The van der Waals surface area contributed by atoms with Crippen LogP contribution in [0.3, 0.4) is 0 Å². The summed E-state index contributed by atoms with van der Waals surface area (Å²) < 4.78 is 76.6. The monoisotopic (exact) mass is 2040 g/mol. The van der Waals surface area contributed by atoms with E-state index in [0.29, 0.717) is 63.1 Å². The van der Waals surface area contributed by atoms with Crippen molar-refractivity contribution < 1.29 is 30.0 Å². The van der Waals surface area contributed by atoms with Crippen molar-refractivity contribution in [2.45, 2.75) is 194 Å². The molecule has 0 unspecified atom stereocenters. The summed E-state index contributed by atoms with van der Waals surface area (Å²) in [4.78, 5) is 37.3. The van der Waals surface area contributed by atoms with E-state index in [1.165, 1.54) is 75.8 Å². The van der Waals surface area contributed by atoms with Crippen molar-refractivity contribution in [2.75, 3.05) is 0 Å². The van der Waals surface area contributed by atoms with Crippen LogP contribution in [0.25, 0.3) is 79.2 Å². The van der Waals surface area contributed by atoms with E-state index >= 15 is 0 Å². The maximum Gasteiger partial charge on any atom is 0.207 e. The summed E-state index contributed by atoms with van der Waals surface area (Å²) in [6.07, 6.45) is 0. The number of thiophene rings is 1. The van der Waals surface area contributed by atoms with Gasteiger partial charge in [-0.2, -0.15) is 15.8 Å². The quantitative estimate of drug-likeness (QED) is 0.118. The lowest BCUT2D eigenvalue weighted by atomic mass is 9.70. The van der Waals surface area contributed by atoms with Crippen LogP contribution in [0.4, 0.5) is 17.1 Å². The van der Waals surface area contributed by atoms with Crippen molar-refractivity contribution in [2.24, 2.45) is 0 Å². The van der Waals surface area contributed by atoms with E-state index in [1.807, 2.05) is 252 Å². The van der Waals surface area contributed by atoms with Crippen LogP contribution in [0.2, 0.25) is 0 Å². The summed E-state index contributed by atoms with van der Waals surface area (Å²) in [6.45, 7) is 66.9. The zero-order valence-corrected chi connectivity index (χ0v) is 91.8. The molecule has 0 bridgehead atoms. The van der Waals surface area contributed by atoms with Gasteiger partial charge in [0.2, 0.25) is 29.5 Å². The lowest BCUT2D eigenvalue weighted by Crippen LogP contribution is -2.26. The first-order chi connectivity index (χ1) is 71.2. The number of fused-ring (bicyclic) bond motifs is 19. The molecule has 2 aliphatic carbocycles. The fraction of sp³-hybridized carbons (Fsp3) is 0.185. The highest BCUT2D eigenvalue weighted by Gasteiger charge is 2.52. The van der Waals surface area contributed by atoms with Gasteiger partial charge in [-0.3, -0.25) is 4.79 Å². The Kier molecular flexibility index (Phi) is 32.6. The summed E-state index contributed by atoms with van der Waals surface area (Å²) in [5, 5.41) is 30.5. The molecular formula is C130H115N9O7S4. The normalized spacial score (nSPS) is 12.1. The van der Waals surface area contributed by atoms with Gasteiger partial charge < -0.3 is 0 Å². The minimum absolute atomic E-state index is 0.0833. The molecule has 22 rings (SSSR count). The van der Waals surface area contributed by atoms with Crippen LogP contribution in [0, 0.1) is 213 Å². The Balaban J connectivity index is 0.000000135. The molecule has 4 aliphatic rings. The molecule has 16 aromatic carbocycles. The first-order valence-corrected chi connectivity index (χ1v) is 54.1. The molecular weight excluding hydrogens is 1930 g/mol. The van der Waals surface area contributed by atoms with Crippen LogP contribution in [0.5, 0.6) is 0 Å². The van der Waals surface area contributed by atoms with E-state index in [4.69, 9.17) is 30.2 Å². The number of hydrogen-bond donors (Lipinski definition) is 0. The number of benzene rings is 16. The highest BCUT2D eigenvalue weighted by Crippen LogP contribution is 2.64. The minimum Gasteiger partial charge on any atom is -0.289 e. The van der Waals surface area contributed by atoms with Crippen molar-refractivity contribution in [3.8, 4) is 62.7 Å². The van der Waals surface area contributed by atoms with E-state index < -0.39 is 34.9 Å². The molecule has 0 amide bonds. The third kappa shape index (κ3) is 22.1. The maximum absolute atomic E-state index is 12.4. The topological polar surface area (TPSA) is 243 Å². The molecule has 1 spiro atoms. The molecule has 20 heteroatoms. The van der Waals surface area contributed by atoms with Gasteiger partial charge in [0.1, 0.15) is 17.5 Å². The lowest BCUT2D eigenvalue weighted by molar-refractivity contribution is 0.103. The van der Waals surface area contributed by atoms with Crippen LogP contribution in [0.1, 0.15) is 184 Å². The SMILES string of the molecule is Cc1ccc(C(=O)c2ccc(C)cc2)cc1.Cc1ccc(S(=O)(=O)c2ccc(C)cc2)cc1.Cc1ccc2c(c1)-c1cc(C)ccc1S2(=O)=O.Cc1ccc2c(c1)S(=O)(=O)c1cc(C)ccc1-2.Cc1ccc2sc3ccc(C)cc3c2c1.Cc1nc(C)nc(C)n1.[C-]#[N+]c1c(C)c(C)c(C#N)c(C)c1C.[C-]#[N+]c1c(C)c(C)c(C)c(C#N)c1C.[C-]#[N+]c1ccc2c(c1)C1(c3cc(C)ccc3-c3ccc(C)cc31)c1cc(C#N)ccc1-2. The molecule has 0 fully saturated rings. The molecule has 746 valence electrons. The molecule has 0 N–H and O–H groups in total. The van der Waals surface area contributed by atoms with Crippen molar-refractivity contribution in [1.82, 2.24) is 15.0 Å². The number of aryl methyl sites for hydroxylation is 15. The summed E-state index contributed by atoms with van der Waals surface area (Å²) in [5.74, 6) is 2.46. The van der Waals surface area contributed by atoms with Gasteiger partial charge in [0.25, 0.3) is 0 Å². The first kappa shape index (κ1) is 109. The predicted molar refractivity (Wildman–Crippen MR) is 606 cm³/mol. The van der Waals surface area contributed by atoms with E-state index in [-0.39, 0.29) is 5.78 Å². The number of sulfone groups is 3. The third-order valence-corrected chi connectivity index (χ3v) is 34.4. The number of hydrogen-bond acceptors (Lipinski definition) is 14. The predicted octanol–water partition coefficient (Wildman–Crippen LogP) is 32.1. The second kappa shape index (κ2) is 44.9. The Morgan fingerprint density at radius 1 is 0.293 bits per heavy atom. The fourth-order valence-electron chi connectivity index (χ4n) is 19.4. The van der Waals surface area contributed by atoms with Gasteiger partial charge in [0, 0.05) is 59.1 Å². The van der Waals surface area contributed by atoms with E-state index in [9.17, 15) is 35.3 Å². The van der Waals surface area contributed by atoms with Crippen molar-refractivity contribution in [3.63, 3.8) is 0 Å². The van der Waals surface area contributed by atoms with Gasteiger partial charge >= 0.3 is 0 Å². The zero-order valence-electron chi connectivity index (χ0n) is 88.6. The van der Waals surface area contributed by atoms with Gasteiger partial charge in [-0.15, -0.1) is 11.3 Å². The highest BCUT2D eigenvalue weighted by atomic mass is 32.2. The van der Waals surface area contributed by atoms with E-state index in [1.54, 1.807) is 72.8 Å². The Hall–Kier alpha value is -16.8. The van der Waals surface area contributed by atoms with Gasteiger partial charge in [-0.25, -0.2) is 54.7 Å². The molecule has 16 nitrogen and oxygen atoms in total. The first-order valence-electron chi connectivity index (χ1n) is 48.9. The molecule has 0 radical (unpaired) electrons. The number of carbonyl (C=O) groups excluding carboxylic acids is 1. The van der Waals surface area contributed by atoms with Crippen LogP contribution in [-0.2, 0) is 34.9 Å². The molecule has 0 saturated heterocycles. The Bertz CT molecular complexity index is 8590. The number of nitrogens with zero attached hydrogens (tertiary/aromatic N) is 9. The third-order valence-electron chi connectivity index (χ3n) is 27.8. The minimum atomic E-state index is -3.37. The summed E-state index contributed by atoms with van der Waals surface area (Å²) >= 11 is 1.88. The van der Waals surface area contributed by atoms with Crippen LogP contribution >= 0.6 is 11.3 Å². The summed E-state index contributed by atoms with van der Waals surface area (Å²) in [5.41, 5.74) is 39.0. The Morgan fingerprint density at radius 2 is 0.593 bits per heavy atom. The average Bonchev–Trinajstić information content (AvgIpc) is 1.50. The molecule has 2 aromatic heterocycles. The molecule has 18 aromatic rings. The Labute approximate surface area is 886 Å². The van der Waals surface area contributed by atoms with Crippen LogP contribution in [-0.4, -0.2) is 46.0 Å². The highest BCUT2D eigenvalue weighted by molar-refractivity contribution is 7.92. The summed E-state index contributed by atoms with van der Waals surface area (Å²) in [7, 11) is -9.98. The number of aromatic nitrogens is 3. The van der Waals surface area contributed by atoms with Crippen LogP contribution < -0.4 is 0 Å². The number of rotatable bonds is 4. The standard InChI is InChI=1S/C29H18N2.C15H14O.2C14H12O2S.C14H14O2S.C14H12S.2C12H12N2.C6H9N3/c1-17-4-8-21-22-9-5-18(2)13-26(22)29(25(21)12-17)27-14-19(16-30)6-10-23(27)24-11-7-20(31-3)15-28(24)29;1-11-3-7-13(8-4-11)15(16)14-9-5-12(2)6-10-14;1-9-3-5-13-11(7-9)12-8-10(2)4-6-14(12)17(13,15)16;1-9-3-5-11-12-6-4-10(2)8-14(12)17(15,16)13(11)7-9;1-11-3-7-13(8-4-11)17(15,16)14-9-5-12(2)6-10-14;1-9-3-5-13-11(7-9)12-8-10(2)4-6-14(12)15-13;1-7-9(3)12(14-5)10(4)8(2)11(7)6-13;1-7-8(2)11(6-13)10(4)12(14-5)9(7)3;1-4-7-5(2)9-6(3)8-4/h4-15H,1-2H3;3-10H,1-2H3;2*3-8H,1-2H3;3-10H,1-2H3;3-8H,1-2H3;2*1-4H3;1-3H3. The van der Waals surface area contributed by atoms with Crippen LogP contribution in [0.15, 0.2) is 308 Å². The zero-order chi connectivity index (χ0) is 109. The maximum atomic E-state index is 12.4. The van der Waals surface area contributed by atoms with Gasteiger partial charge in [0.05, 0.1) is 83.8 Å². The molecule has 2 aliphatic heterocycles. The second-order valence-corrected chi connectivity index (χ2v) is 45.5. The van der Waals surface area contributed by atoms with Crippen molar-refractivity contribution in [3.05, 3.63) is 492 Å². The van der Waals surface area contributed by atoms with Crippen molar-refractivity contribution >= 4 is 83.9 Å². The van der Waals surface area contributed by atoms with Crippen molar-refractivity contribution in [1.29, 1.82) is 15.8 Å². The smallest absolute Gasteiger partial charge is 0.207 e. The number of carbonyl (C=O) groups is 1. The molecule has 4 heterocycles. The molecule has 150 heavy (non-hydrogen) atoms. The average molecular weight is 2040 g/mol. The number of ketones is 1. The largest absolute Gasteiger partial charge is 0.289 e. The lowest BCUT2D eigenvalue weighted by Gasteiger charge is -2.31. The fourth-order valence-corrected chi connectivity index (χ4v) is 25.2. The van der Waals surface area contributed by atoms with E-state index in [2.05, 4.69) is 172 Å². The number of nitriles is 3. The second-order valence-electron chi connectivity index (χ2n) is 38.7. The molecule has 0 atom stereocenters.